The minimum absolute atomic E-state index is 0.703. The van der Waals surface area contributed by atoms with Crippen LogP contribution in [0.4, 0.5) is 0 Å². The highest BCUT2D eigenvalue weighted by Gasteiger charge is 2.12. The Balaban J connectivity index is 3.54. The van der Waals surface area contributed by atoms with Crippen LogP contribution < -0.4 is 5.32 Å². The average Bonchev–Trinajstić information content (AvgIpc) is 2.26. The van der Waals surface area contributed by atoms with E-state index < -0.39 is 0 Å². The van der Waals surface area contributed by atoms with Crippen molar-refractivity contribution in [1.29, 1.82) is 0 Å². The second kappa shape index (κ2) is 11.4. The quantitative estimate of drug-likeness (QED) is 0.554. The molecule has 1 atom stereocenters. The molecule has 0 saturated heterocycles. The van der Waals surface area contributed by atoms with Crippen LogP contribution in [0.1, 0.15) is 33.6 Å². The fourth-order valence-corrected chi connectivity index (χ4v) is 1.61. The van der Waals surface area contributed by atoms with Crippen LogP contribution in [-0.2, 0) is 9.47 Å². The Hall–Kier alpha value is -0.120. The van der Waals surface area contributed by atoms with E-state index in [2.05, 4.69) is 26.1 Å². The number of hydrogen-bond donors (Lipinski definition) is 1. The molecule has 1 N–H and O–H groups in total. The van der Waals surface area contributed by atoms with Crippen LogP contribution in [0.25, 0.3) is 0 Å². The topological polar surface area (TPSA) is 30.5 Å². The molecule has 0 radical (unpaired) electrons. The smallest absolute Gasteiger partial charge is 0.0587 e. The van der Waals surface area contributed by atoms with Crippen LogP contribution in [0, 0.1) is 11.8 Å². The van der Waals surface area contributed by atoms with E-state index in [-0.39, 0.29) is 0 Å². The summed E-state index contributed by atoms with van der Waals surface area (Å²) in [5, 5.41) is 3.43. The van der Waals surface area contributed by atoms with E-state index >= 15 is 0 Å². The zero-order valence-electron chi connectivity index (χ0n) is 11.4. The Morgan fingerprint density at radius 3 is 2.44 bits per heavy atom. The molecule has 3 heteroatoms. The molecule has 0 aliphatic carbocycles. The molecule has 0 bridgehead atoms. The lowest BCUT2D eigenvalue weighted by Crippen LogP contribution is -2.29. The Labute approximate surface area is 101 Å². The van der Waals surface area contributed by atoms with Crippen molar-refractivity contribution in [3.8, 4) is 0 Å². The fourth-order valence-electron chi connectivity index (χ4n) is 1.61. The van der Waals surface area contributed by atoms with Gasteiger partial charge in [0.25, 0.3) is 0 Å². The summed E-state index contributed by atoms with van der Waals surface area (Å²) in [7, 11) is 1.74. The molecule has 0 heterocycles. The monoisotopic (exact) mass is 231 g/mol. The first-order valence-corrected chi connectivity index (χ1v) is 6.49. The highest BCUT2D eigenvalue weighted by atomic mass is 16.5. The van der Waals surface area contributed by atoms with Gasteiger partial charge >= 0.3 is 0 Å². The summed E-state index contributed by atoms with van der Waals surface area (Å²) >= 11 is 0. The Kier molecular flexibility index (Phi) is 11.3. The largest absolute Gasteiger partial charge is 0.383 e. The van der Waals surface area contributed by atoms with Gasteiger partial charge in [-0.1, -0.05) is 20.8 Å². The molecule has 0 aliphatic rings. The molecule has 0 saturated carbocycles. The van der Waals surface area contributed by atoms with Gasteiger partial charge < -0.3 is 14.8 Å². The van der Waals surface area contributed by atoms with Crippen molar-refractivity contribution in [2.75, 3.05) is 40.0 Å². The maximum Gasteiger partial charge on any atom is 0.0587 e. The normalized spacial score (nSPS) is 13.3. The maximum atomic E-state index is 5.54. The Bertz CT molecular complexity index is 128. The molecule has 0 aromatic rings. The van der Waals surface area contributed by atoms with Gasteiger partial charge in [-0.25, -0.2) is 0 Å². The van der Waals surface area contributed by atoms with E-state index in [1.165, 1.54) is 0 Å². The first kappa shape index (κ1) is 15.9. The second-order valence-corrected chi connectivity index (χ2v) is 4.60. The summed E-state index contributed by atoms with van der Waals surface area (Å²) in [4.78, 5) is 0. The molecule has 3 nitrogen and oxygen atoms in total. The first-order valence-electron chi connectivity index (χ1n) is 6.49. The van der Waals surface area contributed by atoms with Crippen LogP contribution in [0.15, 0.2) is 0 Å². The van der Waals surface area contributed by atoms with Crippen LogP contribution in [0.5, 0.6) is 0 Å². The summed E-state index contributed by atoms with van der Waals surface area (Å²) in [6, 6.07) is 0. The molecule has 0 rings (SSSR count). The zero-order valence-corrected chi connectivity index (χ0v) is 11.4. The number of rotatable bonds is 11. The third kappa shape index (κ3) is 9.13. The summed E-state index contributed by atoms with van der Waals surface area (Å²) in [6.07, 6.45) is 2.26. The van der Waals surface area contributed by atoms with Crippen molar-refractivity contribution in [3.63, 3.8) is 0 Å². The van der Waals surface area contributed by atoms with E-state index in [1.807, 2.05) is 0 Å². The third-order valence-electron chi connectivity index (χ3n) is 2.81. The summed E-state index contributed by atoms with van der Waals surface area (Å²) in [6.45, 7) is 11.3. The molecule has 0 aromatic heterocycles. The van der Waals surface area contributed by atoms with Gasteiger partial charge in [-0.05, 0) is 31.2 Å². The lowest BCUT2D eigenvalue weighted by molar-refractivity contribution is 0.112. The van der Waals surface area contributed by atoms with Crippen molar-refractivity contribution in [2.24, 2.45) is 11.8 Å². The number of hydrogen-bond acceptors (Lipinski definition) is 3. The van der Waals surface area contributed by atoms with Gasteiger partial charge in [-0.15, -0.1) is 0 Å². The minimum Gasteiger partial charge on any atom is -0.383 e. The van der Waals surface area contributed by atoms with Crippen molar-refractivity contribution >= 4 is 0 Å². The molecule has 0 spiro atoms. The third-order valence-corrected chi connectivity index (χ3v) is 2.81. The summed E-state index contributed by atoms with van der Waals surface area (Å²) < 4.78 is 10.5. The lowest BCUT2D eigenvalue weighted by Gasteiger charge is -2.21. The van der Waals surface area contributed by atoms with Gasteiger partial charge in [0.2, 0.25) is 0 Å². The van der Waals surface area contributed by atoms with E-state index in [0.717, 1.165) is 45.8 Å². The molecule has 0 aromatic carbocycles. The molecule has 0 amide bonds. The standard InChI is InChI=1S/C13H29NO2/c1-5-8-16-9-6-13(12(2)3)11-14-7-10-15-4/h12-14H,5-11H2,1-4H3. The highest BCUT2D eigenvalue weighted by molar-refractivity contribution is 4.66. The number of methoxy groups -OCH3 is 1. The Morgan fingerprint density at radius 2 is 1.88 bits per heavy atom. The first-order chi connectivity index (χ1) is 7.72. The van der Waals surface area contributed by atoms with E-state index in [9.17, 15) is 0 Å². The lowest BCUT2D eigenvalue weighted by atomic mass is 9.93. The zero-order chi connectivity index (χ0) is 12.2. The predicted molar refractivity (Wildman–Crippen MR) is 68.8 cm³/mol. The maximum absolute atomic E-state index is 5.54. The van der Waals surface area contributed by atoms with Crippen molar-refractivity contribution in [1.82, 2.24) is 5.32 Å². The minimum atomic E-state index is 0.703. The van der Waals surface area contributed by atoms with Crippen molar-refractivity contribution in [3.05, 3.63) is 0 Å². The molecule has 16 heavy (non-hydrogen) atoms. The molecular weight excluding hydrogens is 202 g/mol. The molecule has 0 aliphatic heterocycles. The predicted octanol–water partition coefficient (Wildman–Crippen LogP) is 2.31. The van der Waals surface area contributed by atoms with Crippen molar-refractivity contribution < 1.29 is 9.47 Å². The van der Waals surface area contributed by atoms with Crippen LogP contribution >= 0.6 is 0 Å². The van der Waals surface area contributed by atoms with Gasteiger partial charge in [0.05, 0.1) is 6.61 Å². The molecule has 0 fully saturated rings. The van der Waals surface area contributed by atoms with E-state index in [1.54, 1.807) is 7.11 Å². The molecule has 98 valence electrons. The van der Waals surface area contributed by atoms with Crippen LogP contribution in [0.3, 0.4) is 0 Å². The van der Waals surface area contributed by atoms with Crippen molar-refractivity contribution in [2.45, 2.75) is 33.6 Å². The number of nitrogens with one attached hydrogen (secondary N) is 1. The van der Waals surface area contributed by atoms with Gasteiger partial charge in [0.15, 0.2) is 0 Å². The average molecular weight is 231 g/mol. The Morgan fingerprint density at radius 1 is 1.12 bits per heavy atom. The summed E-state index contributed by atoms with van der Waals surface area (Å²) in [5.41, 5.74) is 0. The SMILES string of the molecule is CCCOCCC(CNCCOC)C(C)C. The molecule has 1 unspecified atom stereocenters. The van der Waals surface area contributed by atoms with Gasteiger partial charge in [-0.3, -0.25) is 0 Å². The fraction of sp³-hybridized carbons (Fsp3) is 1.00. The van der Waals surface area contributed by atoms with Crippen LogP contribution in [-0.4, -0.2) is 40.0 Å². The van der Waals surface area contributed by atoms with E-state index in [0.29, 0.717) is 11.8 Å². The van der Waals surface area contributed by atoms with Gasteiger partial charge in [0, 0.05) is 26.9 Å². The second-order valence-electron chi connectivity index (χ2n) is 4.60. The van der Waals surface area contributed by atoms with Gasteiger partial charge in [0.1, 0.15) is 0 Å². The van der Waals surface area contributed by atoms with Gasteiger partial charge in [-0.2, -0.15) is 0 Å². The van der Waals surface area contributed by atoms with E-state index in [4.69, 9.17) is 9.47 Å². The number of ether oxygens (including phenoxy) is 2. The molecular formula is C13H29NO2. The summed E-state index contributed by atoms with van der Waals surface area (Å²) in [5.74, 6) is 1.41. The van der Waals surface area contributed by atoms with Crippen LogP contribution in [0.2, 0.25) is 0 Å². The highest BCUT2D eigenvalue weighted by Crippen LogP contribution is 2.14.